The number of aliphatic carboxylic acids is 1. The van der Waals surface area contributed by atoms with Gasteiger partial charge in [0.1, 0.15) is 17.5 Å². The van der Waals surface area contributed by atoms with Gasteiger partial charge in [-0.15, -0.1) is 0 Å². The van der Waals surface area contributed by atoms with Gasteiger partial charge in [0.05, 0.1) is 11.9 Å². The SMILES string of the molecule is N#Cc1cnc(SCC(=O)O)nc1N. The summed E-state index contributed by atoms with van der Waals surface area (Å²) >= 11 is 0.951. The van der Waals surface area contributed by atoms with Crippen LogP contribution in [0.1, 0.15) is 5.56 Å². The summed E-state index contributed by atoms with van der Waals surface area (Å²) in [4.78, 5) is 17.7. The second-order valence-electron chi connectivity index (χ2n) is 2.25. The number of hydrogen-bond acceptors (Lipinski definition) is 6. The van der Waals surface area contributed by atoms with Crippen LogP contribution < -0.4 is 5.73 Å². The standard InChI is InChI=1S/C7H6N4O2S/c8-1-4-2-10-7(11-6(4)9)14-3-5(12)13/h2H,3H2,(H,12,13)(H2,9,10,11). The third-order valence-electron chi connectivity index (χ3n) is 1.24. The van der Waals surface area contributed by atoms with E-state index in [9.17, 15) is 4.79 Å². The number of nitrogen functional groups attached to an aromatic ring is 1. The van der Waals surface area contributed by atoms with Crippen LogP contribution in [-0.2, 0) is 4.79 Å². The molecule has 0 aliphatic heterocycles. The lowest BCUT2D eigenvalue weighted by atomic mass is 10.3. The minimum Gasteiger partial charge on any atom is -0.481 e. The number of thioether (sulfide) groups is 1. The van der Waals surface area contributed by atoms with E-state index in [-0.39, 0.29) is 22.3 Å². The first-order valence-electron chi connectivity index (χ1n) is 3.50. The van der Waals surface area contributed by atoms with Gasteiger partial charge in [-0.05, 0) is 0 Å². The fraction of sp³-hybridized carbons (Fsp3) is 0.143. The van der Waals surface area contributed by atoms with E-state index in [2.05, 4.69) is 9.97 Å². The molecular formula is C7H6N4O2S. The number of anilines is 1. The van der Waals surface area contributed by atoms with Crippen molar-refractivity contribution in [2.75, 3.05) is 11.5 Å². The summed E-state index contributed by atoms with van der Waals surface area (Å²) in [6.07, 6.45) is 1.27. The maximum absolute atomic E-state index is 10.2. The quantitative estimate of drug-likeness (QED) is 0.537. The highest BCUT2D eigenvalue weighted by molar-refractivity contribution is 7.99. The van der Waals surface area contributed by atoms with Crippen molar-refractivity contribution in [2.45, 2.75) is 5.16 Å². The van der Waals surface area contributed by atoms with Crippen LogP contribution in [0, 0.1) is 11.3 Å². The van der Waals surface area contributed by atoms with E-state index in [1.807, 2.05) is 6.07 Å². The lowest BCUT2D eigenvalue weighted by molar-refractivity contribution is -0.133. The Hall–Kier alpha value is -1.81. The number of carboxylic acid groups (broad SMARTS) is 1. The number of carboxylic acids is 1. The van der Waals surface area contributed by atoms with E-state index in [0.29, 0.717) is 0 Å². The van der Waals surface area contributed by atoms with Gasteiger partial charge in [-0.25, -0.2) is 9.97 Å². The van der Waals surface area contributed by atoms with Gasteiger partial charge in [0.2, 0.25) is 0 Å². The van der Waals surface area contributed by atoms with Crippen LogP contribution in [0.15, 0.2) is 11.4 Å². The molecule has 0 aromatic carbocycles. The molecular weight excluding hydrogens is 204 g/mol. The highest BCUT2D eigenvalue weighted by Gasteiger charge is 2.05. The molecule has 1 heterocycles. The molecule has 0 saturated carbocycles. The average Bonchev–Trinajstić information content (AvgIpc) is 2.15. The number of hydrogen-bond donors (Lipinski definition) is 2. The highest BCUT2D eigenvalue weighted by atomic mass is 32.2. The van der Waals surface area contributed by atoms with Crippen LogP contribution in [0.5, 0.6) is 0 Å². The summed E-state index contributed by atoms with van der Waals surface area (Å²) < 4.78 is 0. The Labute approximate surface area is 83.8 Å². The lowest BCUT2D eigenvalue weighted by Crippen LogP contribution is -2.02. The fourth-order valence-electron chi connectivity index (χ4n) is 0.660. The topological polar surface area (TPSA) is 113 Å². The maximum atomic E-state index is 10.2. The van der Waals surface area contributed by atoms with Crippen LogP contribution in [-0.4, -0.2) is 26.8 Å². The van der Waals surface area contributed by atoms with E-state index >= 15 is 0 Å². The normalized spacial score (nSPS) is 9.36. The Morgan fingerprint density at radius 1 is 1.79 bits per heavy atom. The van der Waals surface area contributed by atoms with Gasteiger partial charge in [-0.3, -0.25) is 4.79 Å². The Balaban J connectivity index is 2.77. The molecule has 7 heteroatoms. The molecule has 0 spiro atoms. The molecule has 1 rings (SSSR count). The molecule has 0 amide bonds. The minimum atomic E-state index is -0.957. The summed E-state index contributed by atoms with van der Waals surface area (Å²) in [7, 11) is 0. The number of aromatic nitrogens is 2. The van der Waals surface area contributed by atoms with Crippen molar-refractivity contribution < 1.29 is 9.90 Å². The number of nitriles is 1. The van der Waals surface area contributed by atoms with Crippen LogP contribution in [0.3, 0.4) is 0 Å². The average molecular weight is 210 g/mol. The number of carbonyl (C=O) groups is 1. The number of rotatable bonds is 3. The van der Waals surface area contributed by atoms with Gasteiger partial charge in [0.25, 0.3) is 0 Å². The predicted octanol–water partition coefficient (Wildman–Crippen LogP) is 0.107. The molecule has 0 unspecified atom stereocenters. The van der Waals surface area contributed by atoms with Crippen LogP contribution in [0.4, 0.5) is 5.82 Å². The third-order valence-corrected chi connectivity index (χ3v) is 2.09. The molecule has 3 N–H and O–H groups in total. The van der Waals surface area contributed by atoms with Crippen LogP contribution in [0.2, 0.25) is 0 Å². The Morgan fingerprint density at radius 2 is 2.50 bits per heavy atom. The second kappa shape index (κ2) is 4.43. The molecule has 0 saturated heterocycles. The minimum absolute atomic E-state index is 0.0652. The van der Waals surface area contributed by atoms with Gasteiger partial charge >= 0.3 is 5.97 Å². The largest absolute Gasteiger partial charge is 0.481 e. The summed E-state index contributed by atoms with van der Waals surface area (Å²) in [5.74, 6) is -1.03. The zero-order chi connectivity index (χ0) is 10.6. The monoisotopic (exact) mass is 210 g/mol. The summed E-state index contributed by atoms with van der Waals surface area (Å²) in [5, 5.41) is 17.2. The Morgan fingerprint density at radius 3 is 3.00 bits per heavy atom. The third kappa shape index (κ3) is 2.60. The van der Waals surface area contributed by atoms with Crippen molar-refractivity contribution in [1.82, 2.24) is 9.97 Å². The summed E-state index contributed by atoms with van der Waals surface area (Å²) in [6.45, 7) is 0. The molecule has 1 aromatic heterocycles. The molecule has 0 radical (unpaired) electrons. The zero-order valence-electron chi connectivity index (χ0n) is 6.97. The molecule has 6 nitrogen and oxygen atoms in total. The van der Waals surface area contributed by atoms with E-state index in [1.54, 1.807) is 0 Å². The molecule has 14 heavy (non-hydrogen) atoms. The lowest BCUT2D eigenvalue weighted by Gasteiger charge is -1.99. The van der Waals surface area contributed by atoms with E-state index in [4.69, 9.17) is 16.1 Å². The number of nitrogens with two attached hydrogens (primary N) is 1. The van der Waals surface area contributed by atoms with Crippen molar-refractivity contribution in [3.05, 3.63) is 11.8 Å². The molecule has 0 aliphatic rings. The number of nitrogens with zero attached hydrogens (tertiary/aromatic N) is 3. The van der Waals surface area contributed by atoms with Gasteiger partial charge < -0.3 is 10.8 Å². The van der Waals surface area contributed by atoms with Crippen molar-refractivity contribution in [3.63, 3.8) is 0 Å². The maximum Gasteiger partial charge on any atom is 0.313 e. The van der Waals surface area contributed by atoms with Gasteiger partial charge in [0, 0.05) is 0 Å². The molecule has 72 valence electrons. The van der Waals surface area contributed by atoms with Crippen LogP contribution >= 0.6 is 11.8 Å². The summed E-state index contributed by atoms with van der Waals surface area (Å²) in [5.41, 5.74) is 5.59. The smallest absolute Gasteiger partial charge is 0.313 e. The van der Waals surface area contributed by atoms with Crippen molar-refractivity contribution in [1.29, 1.82) is 5.26 Å². The van der Waals surface area contributed by atoms with Crippen molar-refractivity contribution >= 4 is 23.5 Å². The van der Waals surface area contributed by atoms with Crippen molar-refractivity contribution in [3.8, 4) is 6.07 Å². The highest BCUT2D eigenvalue weighted by Crippen LogP contribution is 2.15. The van der Waals surface area contributed by atoms with Crippen LogP contribution in [0.25, 0.3) is 0 Å². The molecule has 0 bridgehead atoms. The molecule has 0 fully saturated rings. The van der Waals surface area contributed by atoms with E-state index in [0.717, 1.165) is 11.8 Å². The summed E-state index contributed by atoms with van der Waals surface area (Å²) in [6, 6.07) is 1.81. The zero-order valence-corrected chi connectivity index (χ0v) is 7.78. The van der Waals surface area contributed by atoms with Gasteiger partial charge in [0.15, 0.2) is 5.16 Å². The first kappa shape index (κ1) is 10.3. The fourth-order valence-corrected chi connectivity index (χ4v) is 1.20. The van der Waals surface area contributed by atoms with Gasteiger partial charge in [-0.1, -0.05) is 11.8 Å². The van der Waals surface area contributed by atoms with E-state index < -0.39 is 5.97 Å². The molecule has 0 aliphatic carbocycles. The second-order valence-corrected chi connectivity index (χ2v) is 3.19. The van der Waals surface area contributed by atoms with E-state index in [1.165, 1.54) is 6.20 Å². The molecule has 0 atom stereocenters. The first-order valence-corrected chi connectivity index (χ1v) is 4.49. The Bertz CT molecular complexity index is 401. The van der Waals surface area contributed by atoms with Gasteiger partial charge in [-0.2, -0.15) is 5.26 Å². The molecule has 1 aromatic rings. The van der Waals surface area contributed by atoms with Crippen molar-refractivity contribution in [2.24, 2.45) is 0 Å². The predicted molar refractivity (Wildman–Crippen MR) is 49.5 cm³/mol. The Kier molecular flexibility index (Phi) is 3.25. The first-order chi connectivity index (χ1) is 6.63.